The van der Waals surface area contributed by atoms with Crippen molar-refractivity contribution < 1.29 is 14.3 Å². The Hall–Kier alpha value is -1.85. The maximum atomic E-state index is 12.2. The number of benzene rings is 2. The summed E-state index contributed by atoms with van der Waals surface area (Å²) in [5, 5.41) is 3.75. The Labute approximate surface area is 156 Å². The molecule has 0 unspecified atom stereocenters. The number of carbonyl (C=O) groups excluding carboxylic acids is 1. The van der Waals surface area contributed by atoms with Crippen LogP contribution in [0.15, 0.2) is 42.5 Å². The zero-order valence-electron chi connectivity index (χ0n) is 14.0. The number of ether oxygens (including phenoxy) is 2. The summed E-state index contributed by atoms with van der Waals surface area (Å²) >= 11 is 7.67. The fourth-order valence-corrected chi connectivity index (χ4v) is 3.69. The van der Waals surface area contributed by atoms with Crippen LogP contribution >= 0.6 is 23.4 Å². The van der Waals surface area contributed by atoms with Gasteiger partial charge in [-0.3, -0.25) is 4.79 Å². The van der Waals surface area contributed by atoms with Gasteiger partial charge in [-0.05, 0) is 36.2 Å². The second-order valence-corrected chi connectivity index (χ2v) is 7.17. The van der Waals surface area contributed by atoms with Gasteiger partial charge in [0.2, 0.25) is 5.91 Å². The van der Waals surface area contributed by atoms with Crippen molar-refractivity contribution in [2.45, 2.75) is 18.7 Å². The quantitative estimate of drug-likeness (QED) is 0.818. The number of fused-ring (bicyclic) bond motifs is 1. The summed E-state index contributed by atoms with van der Waals surface area (Å²) in [4.78, 5) is 12.2. The fourth-order valence-electron chi connectivity index (χ4n) is 2.56. The maximum absolute atomic E-state index is 12.2. The molecule has 0 spiro atoms. The van der Waals surface area contributed by atoms with Crippen molar-refractivity contribution in [3.63, 3.8) is 0 Å². The molecule has 6 heteroatoms. The van der Waals surface area contributed by atoms with Crippen molar-refractivity contribution in [1.29, 1.82) is 0 Å². The second-order valence-electron chi connectivity index (χ2n) is 5.78. The molecule has 0 aliphatic carbocycles. The molecule has 1 heterocycles. The van der Waals surface area contributed by atoms with Crippen LogP contribution in [0.25, 0.3) is 0 Å². The minimum atomic E-state index is -0.0933. The number of amides is 1. The number of hydrogen-bond acceptors (Lipinski definition) is 4. The van der Waals surface area contributed by atoms with Gasteiger partial charge in [0.1, 0.15) is 13.2 Å². The molecule has 0 fully saturated rings. The summed E-state index contributed by atoms with van der Waals surface area (Å²) in [5.74, 6) is 2.59. The minimum absolute atomic E-state index is 0.000516. The summed E-state index contributed by atoms with van der Waals surface area (Å²) < 4.78 is 11.1. The van der Waals surface area contributed by atoms with Crippen molar-refractivity contribution in [2.75, 3.05) is 19.0 Å². The van der Waals surface area contributed by atoms with Crippen LogP contribution in [-0.2, 0) is 10.5 Å². The summed E-state index contributed by atoms with van der Waals surface area (Å²) in [7, 11) is 0. The standard InChI is InChI=1S/C19H20ClNO3S/c1-13(14-6-7-17-18(10-14)24-9-8-23-17)21-19(22)12-25-11-15-4-2-3-5-16(15)20/h2-7,10,13H,8-9,11-12H2,1H3,(H,21,22)/t13-/m0/s1. The Bertz CT molecular complexity index is 753. The highest BCUT2D eigenvalue weighted by Crippen LogP contribution is 2.32. The first-order valence-electron chi connectivity index (χ1n) is 8.13. The van der Waals surface area contributed by atoms with Crippen molar-refractivity contribution in [3.8, 4) is 11.5 Å². The van der Waals surface area contributed by atoms with Gasteiger partial charge in [0.05, 0.1) is 11.8 Å². The average Bonchev–Trinajstić information content (AvgIpc) is 2.63. The van der Waals surface area contributed by atoms with Gasteiger partial charge >= 0.3 is 0 Å². The molecule has 0 bridgehead atoms. The van der Waals surface area contributed by atoms with Crippen LogP contribution in [0.2, 0.25) is 5.02 Å². The van der Waals surface area contributed by atoms with Gasteiger partial charge in [-0.2, -0.15) is 0 Å². The van der Waals surface area contributed by atoms with E-state index in [1.165, 1.54) is 0 Å². The Kier molecular flexibility index (Phi) is 6.10. The van der Waals surface area contributed by atoms with Crippen molar-refractivity contribution >= 4 is 29.3 Å². The Balaban J connectivity index is 1.50. The molecule has 132 valence electrons. The fraction of sp³-hybridized carbons (Fsp3) is 0.316. The van der Waals surface area contributed by atoms with E-state index in [-0.39, 0.29) is 11.9 Å². The summed E-state index contributed by atoms with van der Waals surface area (Å²) in [6, 6.07) is 13.4. The number of hydrogen-bond donors (Lipinski definition) is 1. The first kappa shape index (κ1) is 18.0. The van der Waals surface area contributed by atoms with Gasteiger partial charge in [-0.25, -0.2) is 0 Å². The second kappa shape index (κ2) is 8.50. The zero-order valence-corrected chi connectivity index (χ0v) is 15.5. The van der Waals surface area contributed by atoms with Gasteiger partial charge in [0.25, 0.3) is 0 Å². The third-order valence-electron chi connectivity index (χ3n) is 3.89. The van der Waals surface area contributed by atoms with E-state index in [1.807, 2.05) is 49.4 Å². The van der Waals surface area contributed by atoms with E-state index < -0.39 is 0 Å². The largest absolute Gasteiger partial charge is 0.486 e. The van der Waals surface area contributed by atoms with Gasteiger partial charge in [-0.15, -0.1) is 11.8 Å². The minimum Gasteiger partial charge on any atom is -0.486 e. The molecular weight excluding hydrogens is 358 g/mol. The first-order valence-corrected chi connectivity index (χ1v) is 9.67. The van der Waals surface area contributed by atoms with E-state index in [1.54, 1.807) is 11.8 Å². The number of nitrogens with one attached hydrogen (secondary N) is 1. The van der Waals surface area contributed by atoms with Crippen LogP contribution in [0.1, 0.15) is 24.1 Å². The molecule has 1 amide bonds. The lowest BCUT2D eigenvalue weighted by molar-refractivity contribution is -0.119. The van der Waals surface area contributed by atoms with E-state index >= 15 is 0 Å². The van der Waals surface area contributed by atoms with Crippen LogP contribution < -0.4 is 14.8 Å². The predicted molar refractivity (Wildman–Crippen MR) is 102 cm³/mol. The molecule has 0 aromatic heterocycles. The van der Waals surface area contributed by atoms with Crippen LogP contribution in [0, 0.1) is 0 Å². The van der Waals surface area contributed by atoms with Crippen molar-refractivity contribution in [2.24, 2.45) is 0 Å². The highest BCUT2D eigenvalue weighted by Gasteiger charge is 2.15. The average molecular weight is 378 g/mol. The van der Waals surface area contributed by atoms with E-state index in [9.17, 15) is 4.79 Å². The third kappa shape index (κ3) is 4.83. The first-order chi connectivity index (χ1) is 12.1. The van der Waals surface area contributed by atoms with Gasteiger partial charge in [0.15, 0.2) is 11.5 Å². The third-order valence-corrected chi connectivity index (χ3v) is 5.24. The maximum Gasteiger partial charge on any atom is 0.230 e. The van der Waals surface area contributed by atoms with Gasteiger partial charge in [-0.1, -0.05) is 35.9 Å². The van der Waals surface area contributed by atoms with Crippen LogP contribution in [0.3, 0.4) is 0 Å². The molecule has 2 aromatic carbocycles. The van der Waals surface area contributed by atoms with E-state index in [0.29, 0.717) is 24.7 Å². The SMILES string of the molecule is C[C@H](NC(=O)CSCc1ccccc1Cl)c1ccc2c(c1)OCCO2. The highest BCUT2D eigenvalue weighted by atomic mass is 35.5. The molecule has 0 saturated heterocycles. The van der Waals surface area contributed by atoms with E-state index in [4.69, 9.17) is 21.1 Å². The molecule has 1 atom stereocenters. The summed E-state index contributed by atoms with van der Waals surface area (Å²) in [6.45, 7) is 3.08. The van der Waals surface area contributed by atoms with Gasteiger partial charge in [0, 0.05) is 10.8 Å². The highest BCUT2D eigenvalue weighted by molar-refractivity contribution is 7.99. The van der Waals surface area contributed by atoms with Gasteiger partial charge < -0.3 is 14.8 Å². The number of rotatable bonds is 6. The smallest absolute Gasteiger partial charge is 0.230 e. The lowest BCUT2D eigenvalue weighted by atomic mass is 10.1. The van der Waals surface area contributed by atoms with Crippen molar-refractivity contribution in [1.82, 2.24) is 5.32 Å². The van der Waals surface area contributed by atoms with Crippen LogP contribution in [0.5, 0.6) is 11.5 Å². The van der Waals surface area contributed by atoms with E-state index in [0.717, 1.165) is 27.6 Å². The summed E-state index contributed by atoms with van der Waals surface area (Å²) in [5.41, 5.74) is 2.04. The zero-order chi connectivity index (χ0) is 17.6. The molecule has 1 aliphatic rings. The Morgan fingerprint density at radius 1 is 1.20 bits per heavy atom. The molecule has 0 saturated carbocycles. The Morgan fingerprint density at radius 2 is 1.96 bits per heavy atom. The topological polar surface area (TPSA) is 47.6 Å². The molecule has 2 aromatic rings. The van der Waals surface area contributed by atoms with Crippen LogP contribution in [0.4, 0.5) is 0 Å². The molecule has 0 radical (unpaired) electrons. The monoisotopic (exact) mass is 377 g/mol. The molecular formula is C19H20ClNO3S. The molecule has 3 rings (SSSR count). The Morgan fingerprint density at radius 3 is 2.76 bits per heavy atom. The molecule has 25 heavy (non-hydrogen) atoms. The number of carbonyl (C=O) groups is 1. The lowest BCUT2D eigenvalue weighted by Gasteiger charge is -2.21. The lowest BCUT2D eigenvalue weighted by Crippen LogP contribution is -2.28. The number of halogens is 1. The van der Waals surface area contributed by atoms with E-state index in [2.05, 4.69) is 5.32 Å². The normalized spacial score (nSPS) is 14.0. The molecule has 1 aliphatic heterocycles. The van der Waals surface area contributed by atoms with Crippen molar-refractivity contribution in [3.05, 3.63) is 58.6 Å². The molecule has 1 N–H and O–H groups in total. The molecule has 4 nitrogen and oxygen atoms in total. The predicted octanol–water partition coefficient (Wildman–Crippen LogP) is 4.22. The summed E-state index contributed by atoms with van der Waals surface area (Å²) in [6.07, 6.45) is 0. The van der Waals surface area contributed by atoms with Crippen LogP contribution in [-0.4, -0.2) is 24.9 Å². The number of thioether (sulfide) groups is 1.